The third-order valence-electron chi connectivity index (χ3n) is 4.23. The van der Waals surface area contributed by atoms with Crippen molar-refractivity contribution in [2.24, 2.45) is 0 Å². The fraction of sp³-hybridized carbons (Fsp3) is 0.300. The van der Waals surface area contributed by atoms with Gasteiger partial charge in [0.15, 0.2) is 5.76 Å². The molecule has 130 valence electrons. The molecule has 5 nitrogen and oxygen atoms in total. The lowest BCUT2D eigenvalue weighted by Gasteiger charge is -2.12. The van der Waals surface area contributed by atoms with Gasteiger partial charge in [-0.1, -0.05) is 37.3 Å². The minimum Gasteiger partial charge on any atom is -0.454 e. The summed E-state index contributed by atoms with van der Waals surface area (Å²) in [4.78, 5) is 12.3. The van der Waals surface area contributed by atoms with Gasteiger partial charge in [-0.2, -0.15) is 5.10 Å². The summed E-state index contributed by atoms with van der Waals surface area (Å²) in [6.45, 7) is 7.13. The van der Waals surface area contributed by atoms with Gasteiger partial charge < -0.3 is 9.73 Å². The first-order valence-electron chi connectivity index (χ1n) is 8.46. The molecule has 0 aliphatic heterocycles. The van der Waals surface area contributed by atoms with Crippen LogP contribution in [0.2, 0.25) is 0 Å². The standard InChI is InChI=1S/C20H23N3O2/c1-14(17-7-5-4-6-8-17)12-21-20(24)19-10-9-18(25-19)13-23-16(3)11-15(2)22-23/h4-11,14H,12-13H2,1-3H3,(H,21,24). The van der Waals surface area contributed by atoms with Crippen molar-refractivity contribution in [3.05, 3.63) is 77.0 Å². The third kappa shape index (κ3) is 4.18. The SMILES string of the molecule is Cc1cc(C)n(Cc2ccc(C(=O)NCC(C)c3ccccc3)o2)n1. The molecule has 25 heavy (non-hydrogen) atoms. The highest BCUT2D eigenvalue weighted by atomic mass is 16.4. The number of furan rings is 1. The molecule has 2 aromatic heterocycles. The van der Waals surface area contributed by atoms with Crippen molar-refractivity contribution >= 4 is 5.91 Å². The van der Waals surface area contributed by atoms with Crippen LogP contribution in [0.5, 0.6) is 0 Å². The number of aryl methyl sites for hydroxylation is 2. The van der Waals surface area contributed by atoms with E-state index in [1.165, 1.54) is 5.56 Å². The third-order valence-corrected chi connectivity index (χ3v) is 4.23. The van der Waals surface area contributed by atoms with Crippen molar-refractivity contribution < 1.29 is 9.21 Å². The van der Waals surface area contributed by atoms with Crippen molar-refractivity contribution in [3.8, 4) is 0 Å². The Hall–Kier alpha value is -2.82. The normalized spacial score (nSPS) is 12.1. The topological polar surface area (TPSA) is 60.1 Å². The highest BCUT2D eigenvalue weighted by Gasteiger charge is 2.14. The summed E-state index contributed by atoms with van der Waals surface area (Å²) >= 11 is 0. The van der Waals surface area contributed by atoms with Gasteiger partial charge in [-0.05, 0) is 43.5 Å². The van der Waals surface area contributed by atoms with Gasteiger partial charge in [0.1, 0.15) is 5.76 Å². The van der Waals surface area contributed by atoms with E-state index in [0.717, 1.165) is 11.4 Å². The minimum atomic E-state index is -0.192. The van der Waals surface area contributed by atoms with Crippen LogP contribution in [-0.4, -0.2) is 22.2 Å². The number of hydrogen-bond donors (Lipinski definition) is 1. The van der Waals surface area contributed by atoms with E-state index >= 15 is 0 Å². The number of benzene rings is 1. The van der Waals surface area contributed by atoms with Gasteiger partial charge >= 0.3 is 0 Å². The van der Waals surface area contributed by atoms with Crippen LogP contribution in [0.3, 0.4) is 0 Å². The number of carbonyl (C=O) groups excluding carboxylic acids is 1. The number of aromatic nitrogens is 2. The van der Waals surface area contributed by atoms with Crippen LogP contribution < -0.4 is 5.32 Å². The Bertz CT molecular complexity index is 849. The summed E-state index contributed by atoms with van der Waals surface area (Å²) in [6, 6.07) is 15.7. The van der Waals surface area contributed by atoms with E-state index in [-0.39, 0.29) is 11.8 Å². The molecule has 0 bridgehead atoms. The van der Waals surface area contributed by atoms with E-state index < -0.39 is 0 Å². The van der Waals surface area contributed by atoms with Gasteiger partial charge in [-0.25, -0.2) is 0 Å². The Labute approximate surface area is 147 Å². The van der Waals surface area contributed by atoms with Crippen LogP contribution in [0, 0.1) is 13.8 Å². The molecular formula is C20H23N3O2. The highest BCUT2D eigenvalue weighted by Crippen LogP contribution is 2.15. The number of carbonyl (C=O) groups is 1. The molecule has 0 radical (unpaired) electrons. The van der Waals surface area contributed by atoms with Crippen molar-refractivity contribution in [2.45, 2.75) is 33.2 Å². The average Bonchev–Trinajstić information content (AvgIpc) is 3.20. The van der Waals surface area contributed by atoms with E-state index in [4.69, 9.17) is 4.42 Å². The van der Waals surface area contributed by atoms with Crippen molar-refractivity contribution in [3.63, 3.8) is 0 Å². The number of amides is 1. The Morgan fingerprint density at radius 2 is 1.96 bits per heavy atom. The zero-order chi connectivity index (χ0) is 17.8. The molecule has 0 spiro atoms. The minimum absolute atomic E-state index is 0.192. The second-order valence-corrected chi connectivity index (χ2v) is 6.37. The Morgan fingerprint density at radius 3 is 2.64 bits per heavy atom. The second kappa shape index (κ2) is 7.38. The van der Waals surface area contributed by atoms with Crippen LogP contribution in [0.25, 0.3) is 0 Å². The molecule has 0 aliphatic carbocycles. The van der Waals surface area contributed by atoms with Gasteiger partial charge in [0.2, 0.25) is 0 Å². The smallest absolute Gasteiger partial charge is 0.287 e. The lowest BCUT2D eigenvalue weighted by molar-refractivity contribution is 0.0922. The molecule has 5 heteroatoms. The molecule has 0 fully saturated rings. The Kier molecular flexibility index (Phi) is 5.03. The summed E-state index contributed by atoms with van der Waals surface area (Å²) in [5, 5.41) is 7.34. The first-order valence-corrected chi connectivity index (χ1v) is 8.46. The van der Waals surface area contributed by atoms with Gasteiger partial charge in [0.25, 0.3) is 5.91 Å². The Morgan fingerprint density at radius 1 is 1.20 bits per heavy atom. The number of hydrogen-bond acceptors (Lipinski definition) is 3. The lowest BCUT2D eigenvalue weighted by atomic mass is 10.0. The summed E-state index contributed by atoms with van der Waals surface area (Å²) < 4.78 is 7.55. The van der Waals surface area contributed by atoms with Crippen molar-refractivity contribution in [1.29, 1.82) is 0 Å². The second-order valence-electron chi connectivity index (χ2n) is 6.37. The zero-order valence-corrected chi connectivity index (χ0v) is 14.8. The molecule has 1 atom stereocenters. The average molecular weight is 337 g/mol. The maximum absolute atomic E-state index is 12.3. The molecule has 1 aromatic carbocycles. The highest BCUT2D eigenvalue weighted by molar-refractivity contribution is 5.91. The first kappa shape index (κ1) is 17.0. The van der Waals surface area contributed by atoms with Gasteiger partial charge in [0.05, 0.1) is 12.2 Å². The molecule has 0 saturated carbocycles. The van der Waals surface area contributed by atoms with Crippen LogP contribution >= 0.6 is 0 Å². The van der Waals surface area contributed by atoms with E-state index in [2.05, 4.69) is 29.5 Å². The molecular weight excluding hydrogens is 314 g/mol. The van der Waals surface area contributed by atoms with E-state index in [1.54, 1.807) is 6.07 Å². The molecule has 1 N–H and O–H groups in total. The molecule has 3 rings (SSSR count). The quantitative estimate of drug-likeness (QED) is 0.746. The van der Waals surface area contributed by atoms with Crippen molar-refractivity contribution in [1.82, 2.24) is 15.1 Å². The molecule has 1 unspecified atom stereocenters. The van der Waals surface area contributed by atoms with E-state index in [0.29, 0.717) is 24.6 Å². The molecule has 0 aliphatic rings. The summed E-state index contributed by atoms with van der Waals surface area (Å²) in [5.41, 5.74) is 3.24. The fourth-order valence-corrected chi connectivity index (χ4v) is 2.80. The summed E-state index contributed by atoms with van der Waals surface area (Å²) in [5.74, 6) is 1.10. The summed E-state index contributed by atoms with van der Waals surface area (Å²) in [6.07, 6.45) is 0. The van der Waals surface area contributed by atoms with Crippen LogP contribution in [0.1, 0.15) is 46.1 Å². The maximum Gasteiger partial charge on any atom is 0.287 e. The van der Waals surface area contributed by atoms with E-state index in [9.17, 15) is 4.79 Å². The molecule has 0 saturated heterocycles. The van der Waals surface area contributed by atoms with Gasteiger partial charge in [-0.15, -0.1) is 0 Å². The molecule has 3 aromatic rings. The van der Waals surface area contributed by atoms with Crippen LogP contribution in [0.15, 0.2) is 52.9 Å². The maximum atomic E-state index is 12.3. The van der Waals surface area contributed by atoms with Crippen LogP contribution in [0.4, 0.5) is 0 Å². The predicted molar refractivity (Wildman–Crippen MR) is 96.7 cm³/mol. The number of nitrogens with one attached hydrogen (secondary N) is 1. The fourth-order valence-electron chi connectivity index (χ4n) is 2.80. The van der Waals surface area contributed by atoms with E-state index in [1.807, 2.05) is 48.9 Å². The summed E-state index contributed by atoms with van der Waals surface area (Å²) in [7, 11) is 0. The van der Waals surface area contributed by atoms with Gasteiger partial charge in [0, 0.05) is 12.2 Å². The molecule has 1 amide bonds. The monoisotopic (exact) mass is 337 g/mol. The molecule has 2 heterocycles. The Balaban J connectivity index is 1.58. The van der Waals surface area contributed by atoms with Gasteiger partial charge in [-0.3, -0.25) is 9.48 Å². The first-order chi connectivity index (χ1) is 12.0. The largest absolute Gasteiger partial charge is 0.454 e. The lowest BCUT2D eigenvalue weighted by Crippen LogP contribution is -2.27. The number of nitrogens with zero attached hydrogens (tertiary/aromatic N) is 2. The predicted octanol–water partition coefficient (Wildman–Crippen LogP) is 3.67. The van der Waals surface area contributed by atoms with Crippen molar-refractivity contribution in [2.75, 3.05) is 6.54 Å². The zero-order valence-electron chi connectivity index (χ0n) is 14.8. The number of rotatable bonds is 6. The van der Waals surface area contributed by atoms with Crippen LogP contribution in [-0.2, 0) is 6.54 Å².